The summed E-state index contributed by atoms with van der Waals surface area (Å²) in [5, 5.41) is 6.51. The molecule has 3 aromatic rings. The highest BCUT2D eigenvalue weighted by molar-refractivity contribution is 6.15. The van der Waals surface area contributed by atoms with Crippen molar-refractivity contribution in [2.24, 2.45) is 0 Å². The number of nitrogens with one attached hydrogen (secondary N) is 1. The van der Waals surface area contributed by atoms with Crippen LogP contribution in [0.2, 0.25) is 0 Å². The molecule has 0 aliphatic heterocycles. The predicted molar refractivity (Wildman–Crippen MR) is 101 cm³/mol. The van der Waals surface area contributed by atoms with Crippen LogP contribution in [0, 0.1) is 6.92 Å². The number of rotatable bonds is 6. The second-order valence-corrected chi connectivity index (χ2v) is 6.31. The fourth-order valence-electron chi connectivity index (χ4n) is 2.49. The van der Waals surface area contributed by atoms with Gasteiger partial charge in [0.25, 0.3) is 11.9 Å². The van der Waals surface area contributed by atoms with Gasteiger partial charge in [0, 0.05) is 25.2 Å². The van der Waals surface area contributed by atoms with Crippen LogP contribution in [-0.2, 0) is 6.54 Å². The lowest BCUT2D eigenvalue weighted by molar-refractivity contribution is 0.0935. The molecule has 1 amide bonds. The highest BCUT2D eigenvalue weighted by Crippen LogP contribution is 2.16. The van der Waals surface area contributed by atoms with E-state index in [1.807, 2.05) is 19.1 Å². The number of aromatic nitrogens is 2. The van der Waals surface area contributed by atoms with E-state index in [1.54, 1.807) is 55.4 Å². The number of hydrogen-bond acceptors (Lipinski definition) is 6. The molecule has 0 radical (unpaired) electrons. The Kier molecular flexibility index (Phi) is 5.30. The highest BCUT2D eigenvalue weighted by Gasteiger charge is 2.18. The second kappa shape index (κ2) is 7.82. The maximum Gasteiger partial charge on any atom is 0.265 e. The van der Waals surface area contributed by atoms with Crippen LogP contribution in [0.5, 0.6) is 0 Å². The van der Waals surface area contributed by atoms with E-state index in [4.69, 9.17) is 4.52 Å². The molecule has 0 saturated carbocycles. The van der Waals surface area contributed by atoms with Crippen LogP contribution < -0.4 is 10.2 Å². The Morgan fingerprint density at radius 2 is 1.70 bits per heavy atom. The summed E-state index contributed by atoms with van der Waals surface area (Å²) < 4.78 is 5.09. The van der Waals surface area contributed by atoms with E-state index < -0.39 is 0 Å². The van der Waals surface area contributed by atoms with Crippen molar-refractivity contribution < 1.29 is 14.1 Å². The number of ketones is 1. The number of amides is 1. The first-order valence-electron chi connectivity index (χ1n) is 8.44. The van der Waals surface area contributed by atoms with Gasteiger partial charge in [0.15, 0.2) is 5.78 Å². The fourth-order valence-corrected chi connectivity index (χ4v) is 2.49. The van der Waals surface area contributed by atoms with Crippen molar-refractivity contribution in [2.45, 2.75) is 13.5 Å². The molecule has 2 aromatic carbocycles. The van der Waals surface area contributed by atoms with Crippen LogP contribution in [0.1, 0.15) is 37.7 Å². The first-order valence-corrected chi connectivity index (χ1v) is 8.44. The van der Waals surface area contributed by atoms with Crippen molar-refractivity contribution in [3.63, 3.8) is 0 Å². The monoisotopic (exact) mass is 364 g/mol. The zero-order valence-electron chi connectivity index (χ0n) is 15.4. The number of hydrogen-bond donors (Lipinski definition) is 1. The topological polar surface area (TPSA) is 88.3 Å². The summed E-state index contributed by atoms with van der Waals surface area (Å²) in [6.07, 6.45) is 0. The summed E-state index contributed by atoms with van der Waals surface area (Å²) in [4.78, 5) is 31.3. The Morgan fingerprint density at radius 1 is 1.04 bits per heavy atom. The summed E-state index contributed by atoms with van der Waals surface area (Å²) >= 11 is 0. The third-order valence-corrected chi connectivity index (χ3v) is 3.99. The molecule has 0 aliphatic rings. The van der Waals surface area contributed by atoms with E-state index in [2.05, 4.69) is 15.5 Å². The molecule has 7 nitrogen and oxygen atoms in total. The van der Waals surface area contributed by atoms with Gasteiger partial charge >= 0.3 is 0 Å². The van der Waals surface area contributed by atoms with Crippen molar-refractivity contribution >= 4 is 17.6 Å². The molecular weight excluding hydrogens is 344 g/mol. The Bertz CT molecular complexity index is 961. The van der Waals surface area contributed by atoms with Crippen LogP contribution in [0.25, 0.3) is 0 Å². The van der Waals surface area contributed by atoms with Gasteiger partial charge in [-0.2, -0.15) is 4.98 Å². The zero-order valence-corrected chi connectivity index (χ0v) is 15.4. The van der Waals surface area contributed by atoms with E-state index in [-0.39, 0.29) is 24.1 Å². The lowest BCUT2D eigenvalue weighted by Crippen LogP contribution is -2.25. The molecule has 0 unspecified atom stereocenters. The van der Waals surface area contributed by atoms with Gasteiger partial charge in [-0.05, 0) is 18.1 Å². The third-order valence-electron chi connectivity index (χ3n) is 3.99. The minimum atomic E-state index is -0.379. The summed E-state index contributed by atoms with van der Waals surface area (Å²) in [7, 11) is 3.58. The van der Waals surface area contributed by atoms with Crippen molar-refractivity contribution in [3.05, 3.63) is 76.7 Å². The number of nitrogens with zero attached hydrogens (tertiary/aromatic N) is 3. The van der Waals surface area contributed by atoms with Crippen molar-refractivity contribution in [2.75, 3.05) is 19.0 Å². The molecule has 3 rings (SSSR count). The van der Waals surface area contributed by atoms with Crippen LogP contribution in [0.4, 0.5) is 5.95 Å². The Labute approximate surface area is 157 Å². The summed E-state index contributed by atoms with van der Waals surface area (Å²) in [6.45, 7) is 2.03. The Balaban J connectivity index is 1.77. The normalized spacial score (nSPS) is 10.5. The first kappa shape index (κ1) is 18.3. The van der Waals surface area contributed by atoms with Crippen LogP contribution in [0.15, 0.2) is 53.1 Å². The van der Waals surface area contributed by atoms with Gasteiger partial charge in [0.05, 0.1) is 12.1 Å². The van der Waals surface area contributed by atoms with E-state index in [0.29, 0.717) is 22.6 Å². The molecule has 138 valence electrons. The van der Waals surface area contributed by atoms with E-state index in [1.165, 1.54) is 0 Å². The third kappa shape index (κ3) is 4.20. The lowest BCUT2D eigenvalue weighted by Gasteiger charge is -2.09. The Hall–Kier alpha value is -3.48. The molecule has 0 fully saturated rings. The maximum atomic E-state index is 12.8. The van der Waals surface area contributed by atoms with Crippen molar-refractivity contribution in [1.82, 2.24) is 15.5 Å². The van der Waals surface area contributed by atoms with Crippen LogP contribution >= 0.6 is 0 Å². The van der Waals surface area contributed by atoms with Gasteiger partial charge in [-0.15, -0.1) is 0 Å². The summed E-state index contributed by atoms with van der Waals surface area (Å²) in [6, 6.07) is 14.0. The predicted octanol–water partition coefficient (Wildman–Crippen LogP) is 2.61. The van der Waals surface area contributed by atoms with Crippen LogP contribution in [-0.4, -0.2) is 35.9 Å². The van der Waals surface area contributed by atoms with Gasteiger partial charge in [0.1, 0.15) is 0 Å². The second-order valence-electron chi connectivity index (χ2n) is 6.31. The summed E-state index contributed by atoms with van der Waals surface area (Å²) in [5.41, 5.74) is 2.25. The lowest BCUT2D eigenvalue weighted by atomic mass is 9.97. The molecule has 0 bridgehead atoms. The molecule has 27 heavy (non-hydrogen) atoms. The van der Waals surface area contributed by atoms with E-state index in [9.17, 15) is 9.59 Å². The van der Waals surface area contributed by atoms with Gasteiger partial charge in [-0.1, -0.05) is 48.0 Å². The standard InChI is InChI=1S/C20H20N4O3/c1-13-8-10-14(11-9-13)18(25)15-6-4-5-7-16(15)19(26)21-12-17-22-20(23-27-17)24(2)3/h4-11H,12H2,1-3H3,(H,21,26). The molecule has 7 heteroatoms. The van der Waals surface area contributed by atoms with E-state index in [0.717, 1.165) is 5.56 Å². The average molecular weight is 364 g/mol. The molecular formula is C20H20N4O3. The van der Waals surface area contributed by atoms with Crippen molar-refractivity contribution in [3.8, 4) is 0 Å². The molecule has 1 N–H and O–H groups in total. The smallest absolute Gasteiger partial charge is 0.265 e. The SMILES string of the molecule is Cc1ccc(C(=O)c2ccccc2C(=O)NCc2nc(N(C)C)no2)cc1. The molecule has 1 aromatic heterocycles. The number of benzene rings is 2. The van der Waals surface area contributed by atoms with Gasteiger partial charge in [-0.25, -0.2) is 0 Å². The van der Waals surface area contributed by atoms with E-state index >= 15 is 0 Å². The van der Waals surface area contributed by atoms with Gasteiger partial charge < -0.3 is 14.7 Å². The molecule has 0 saturated heterocycles. The zero-order chi connectivity index (χ0) is 19.4. The van der Waals surface area contributed by atoms with Gasteiger partial charge in [0.2, 0.25) is 5.89 Å². The molecule has 0 aliphatic carbocycles. The molecule has 0 spiro atoms. The highest BCUT2D eigenvalue weighted by atomic mass is 16.5. The van der Waals surface area contributed by atoms with Crippen LogP contribution in [0.3, 0.4) is 0 Å². The van der Waals surface area contributed by atoms with Crippen molar-refractivity contribution in [1.29, 1.82) is 0 Å². The van der Waals surface area contributed by atoms with Gasteiger partial charge in [-0.3, -0.25) is 9.59 Å². The number of anilines is 1. The molecule has 1 heterocycles. The Morgan fingerprint density at radius 3 is 2.33 bits per heavy atom. The average Bonchev–Trinajstić information content (AvgIpc) is 3.15. The fraction of sp³-hybridized carbons (Fsp3) is 0.200. The number of carbonyl (C=O) groups excluding carboxylic acids is 2. The summed E-state index contributed by atoms with van der Waals surface area (Å²) in [5.74, 6) is 0.132. The minimum Gasteiger partial charge on any atom is -0.344 e. The minimum absolute atomic E-state index is 0.0761. The number of aryl methyl sites for hydroxylation is 1. The largest absolute Gasteiger partial charge is 0.344 e. The maximum absolute atomic E-state index is 12.8. The molecule has 0 atom stereocenters. The number of carbonyl (C=O) groups is 2. The first-order chi connectivity index (χ1) is 13.0. The quantitative estimate of drug-likeness (QED) is 0.677.